The Balaban J connectivity index is 1.74. The molecule has 39 heavy (non-hydrogen) atoms. The van der Waals surface area contributed by atoms with Gasteiger partial charge in [-0.05, 0) is 38.0 Å². The second-order valence-corrected chi connectivity index (χ2v) is 11.3. The summed E-state index contributed by atoms with van der Waals surface area (Å²) >= 11 is 0. The van der Waals surface area contributed by atoms with Crippen LogP contribution in [0.4, 0.5) is 4.79 Å². The molecule has 0 spiro atoms. The minimum Gasteiger partial charge on any atom is -0.429 e. The molecule has 0 unspecified atom stereocenters. The molecule has 0 radical (unpaired) electrons. The van der Waals surface area contributed by atoms with Crippen LogP contribution < -0.4 is 0 Å². The Morgan fingerprint density at radius 1 is 0.949 bits per heavy atom. The molecular formula is C29H40O9S. The molecule has 1 aliphatic rings. The lowest BCUT2D eigenvalue weighted by atomic mass is 10.00. The Hall–Kier alpha value is -2.50. The van der Waals surface area contributed by atoms with Crippen molar-refractivity contribution in [3.63, 3.8) is 0 Å². The van der Waals surface area contributed by atoms with Crippen molar-refractivity contribution in [1.82, 2.24) is 0 Å². The van der Waals surface area contributed by atoms with Crippen LogP contribution in [0.15, 0.2) is 59.5 Å². The number of carbonyl (C=O) groups is 1. The van der Waals surface area contributed by atoms with E-state index in [1.165, 1.54) is 18.6 Å². The zero-order valence-corrected chi connectivity index (χ0v) is 23.7. The Bertz CT molecular complexity index is 1110. The van der Waals surface area contributed by atoms with Crippen LogP contribution in [-0.4, -0.2) is 57.0 Å². The Kier molecular flexibility index (Phi) is 12.2. The fourth-order valence-electron chi connectivity index (χ4n) is 4.21. The van der Waals surface area contributed by atoms with Crippen molar-refractivity contribution in [1.29, 1.82) is 0 Å². The van der Waals surface area contributed by atoms with E-state index in [1.54, 1.807) is 43.3 Å². The third-order valence-electron chi connectivity index (χ3n) is 6.52. The number of benzene rings is 2. The maximum atomic E-state index is 13.2. The number of hydrogen-bond donors (Lipinski definition) is 1. The highest BCUT2D eigenvalue weighted by Crippen LogP contribution is 2.30. The average molecular weight is 565 g/mol. The summed E-state index contributed by atoms with van der Waals surface area (Å²) < 4.78 is 54.3. The largest absolute Gasteiger partial charge is 0.509 e. The van der Waals surface area contributed by atoms with Crippen molar-refractivity contribution in [3.8, 4) is 0 Å². The summed E-state index contributed by atoms with van der Waals surface area (Å²) in [6.07, 6.45) is -1.16. The molecule has 0 aromatic heterocycles. The van der Waals surface area contributed by atoms with E-state index in [9.17, 15) is 18.3 Å². The first-order valence-electron chi connectivity index (χ1n) is 13.5. The van der Waals surface area contributed by atoms with Gasteiger partial charge in [-0.3, -0.25) is 4.18 Å². The van der Waals surface area contributed by atoms with Gasteiger partial charge in [0.15, 0.2) is 18.5 Å². The van der Waals surface area contributed by atoms with E-state index < -0.39 is 47.0 Å². The number of carbonyl (C=O) groups excluding carboxylic acids is 1. The third kappa shape index (κ3) is 9.58. The second kappa shape index (κ2) is 15.3. The minimum atomic E-state index is -4.32. The monoisotopic (exact) mass is 564 g/mol. The van der Waals surface area contributed by atoms with E-state index in [2.05, 4.69) is 6.92 Å². The first kappa shape index (κ1) is 31.0. The molecule has 1 heterocycles. The molecule has 3 rings (SSSR count). The first-order valence-corrected chi connectivity index (χ1v) is 14.9. The fourth-order valence-corrected chi connectivity index (χ4v) is 5.28. The second-order valence-electron chi connectivity index (χ2n) is 9.77. The summed E-state index contributed by atoms with van der Waals surface area (Å²) in [6.45, 7) is 5.80. The summed E-state index contributed by atoms with van der Waals surface area (Å²) in [5.41, 5.74) is 1.62. The smallest absolute Gasteiger partial charge is 0.429 e. The van der Waals surface area contributed by atoms with Crippen LogP contribution in [0.5, 0.6) is 0 Å². The van der Waals surface area contributed by atoms with Gasteiger partial charge in [-0.1, -0.05) is 87.1 Å². The third-order valence-corrected chi connectivity index (χ3v) is 7.84. The van der Waals surface area contributed by atoms with Gasteiger partial charge in [-0.15, -0.1) is 0 Å². The molecule has 9 nitrogen and oxygen atoms in total. The number of aliphatic hydroxyl groups is 1. The van der Waals surface area contributed by atoms with E-state index in [0.717, 1.165) is 43.2 Å². The van der Waals surface area contributed by atoms with Crippen molar-refractivity contribution < 1.29 is 41.4 Å². The molecule has 10 heteroatoms. The number of rotatable bonds is 14. The fraction of sp³-hybridized carbons (Fsp3) is 0.552. The van der Waals surface area contributed by atoms with Crippen LogP contribution >= 0.6 is 0 Å². The van der Waals surface area contributed by atoms with Gasteiger partial charge in [0.05, 0.1) is 11.0 Å². The van der Waals surface area contributed by atoms with Crippen LogP contribution in [0.2, 0.25) is 0 Å². The van der Waals surface area contributed by atoms with Gasteiger partial charge in [0.1, 0.15) is 12.7 Å². The molecule has 0 amide bonds. The summed E-state index contributed by atoms with van der Waals surface area (Å²) in [7, 11) is -4.32. The molecule has 2 aromatic carbocycles. The molecular weight excluding hydrogens is 524 g/mol. The van der Waals surface area contributed by atoms with E-state index in [4.69, 9.17) is 23.1 Å². The normalized spacial score (nSPS) is 23.3. The predicted molar refractivity (Wildman–Crippen MR) is 144 cm³/mol. The van der Waals surface area contributed by atoms with Gasteiger partial charge in [0, 0.05) is 6.61 Å². The summed E-state index contributed by atoms with van der Waals surface area (Å²) in [6, 6.07) is 15.1. The van der Waals surface area contributed by atoms with Crippen LogP contribution in [0.1, 0.15) is 63.5 Å². The molecule has 0 saturated carbocycles. The quantitative estimate of drug-likeness (QED) is 0.186. The molecule has 1 saturated heterocycles. The lowest BCUT2D eigenvalue weighted by Gasteiger charge is -2.41. The van der Waals surface area contributed by atoms with Gasteiger partial charge >= 0.3 is 6.16 Å². The zero-order chi connectivity index (χ0) is 28.3. The minimum absolute atomic E-state index is 0.0559. The molecule has 5 atom stereocenters. The van der Waals surface area contributed by atoms with Crippen LogP contribution in [-0.2, 0) is 39.9 Å². The lowest BCUT2D eigenvalue weighted by Crippen LogP contribution is -2.60. The Labute approximate surface area is 231 Å². The average Bonchev–Trinajstić information content (AvgIpc) is 2.92. The SMILES string of the molecule is CCCCCCCCO[C@H]1O[C@@H](C)[C@H](O)[C@@H](OC(=O)OCc2ccccc2)[C@H]1OS(=O)(=O)c1ccc(C)cc1. The van der Waals surface area contributed by atoms with Gasteiger partial charge < -0.3 is 24.1 Å². The van der Waals surface area contributed by atoms with Crippen molar-refractivity contribution in [2.24, 2.45) is 0 Å². The standard InChI is InChI=1S/C29H40O9S/c1-4-5-6-7-8-12-19-34-28-27(38-39(32,33)24-17-15-21(2)16-18-24)26(25(30)22(3)36-28)37-29(31)35-20-23-13-10-9-11-14-23/h9-11,13-18,22,25-28,30H,4-8,12,19-20H2,1-3H3/t22-,25-,26+,27+,28-/m0/s1. The van der Waals surface area contributed by atoms with Gasteiger partial charge in [0.25, 0.3) is 10.1 Å². The van der Waals surface area contributed by atoms with E-state index in [1.807, 2.05) is 13.0 Å². The van der Waals surface area contributed by atoms with E-state index in [-0.39, 0.29) is 18.1 Å². The highest BCUT2D eigenvalue weighted by Gasteiger charge is 2.50. The molecule has 0 bridgehead atoms. The van der Waals surface area contributed by atoms with Crippen molar-refractivity contribution in [2.75, 3.05) is 6.61 Å². The Morgan fingerprint density at radius 2 is 1.62 bits per heavy atom. The predicted octanol–water partition coefficient (Wildman–Crippen LogP) is 5.27. The maximum absolute atomic E-state index is 13.2. The summed E-state index contributed by atoms with van der Waals surface area (Å²) in [5.74, 6) is 0. The molecule has 1 fully saturated rings. The molecule has 1 aliphatic heterocycles. The Morgan fingerprint density at radius 3 is 2.31 bits per heavy atom. The van der Waals surface area contributed by atoms with Crippen LogP contribution in [0, 0.1) is 6.92 Å². The number of ether oxygens (including phenoxy) is 4. The van der Waals surface area contributed by atoms with E-state index >= 15 is 0 Å². The molecule has 1 N–H and O–H groups in total. The maximum Gasteiger partial charge on any atom is 0.509 e. The number of hydrogen-bond acceptors (Lipinski definition) is 9. The summed E-state index contributed by atoms with van der Waals surface area (Å²) in [5, 5.41) is 10.9. The highest BCUT2D eigenvalue weighted by atomic mass is 32.2. The van der Waals surface area contributed by atoms with Gasteiger partial charge in [-0.2, -0.15) is 8.42 Å². The number of aryl methyl sites for hydroxylation is 1. The molecule has 216 valence electrons. The van der Waals surface area contributed by atoms with Crippen LogP contribution in [0.3, 0.4) is 0 Å². The van der Waals surface area contributed by atoms with Gasteiger partial charge in [0.2, 0.25) is 0 Å². The number of unbranched alkanes of at least 4 members (excludes halogenated alkanes) is 5. The number of aliphatic hydroxyl groups excluding tert-OH is 1. The topological polar surface area (TPSA) is 118 Å². The van der Waals surface area contributed by atoms with Gasteiger partial charge in [-0.25, -0.2) is 4.79 Å². The molecule has 2 aromatic rings. The zero-order valence-electron chi connectivity index (χ0n) is 22.9. The highest BCUT2D eigenvalue weighted by molar-refractivity contribution is 7.86. The van der Waals surface area contributed by atoms with Crippen molar-refractivity contribution in [3.05, 3.63) is 65.7 Å². The van der Waals surface area contributed by atoms with Crippen molar-refractivity contribution >= 4 is 16.3 Å². The summed E-state index contributed by atoms with van der Waals surface area (Å²) in [4.78, 5) is 12.5. The van der Waals surface area contributed by atoms with Crippen LogP contribution in [0.25, 0.3) is 0 Å². The van der Waals surface area contributed by atoms with Crippen molar-refractivity contribution in [2.45, 2.75) is 102 Å². The first-order chi connectivity index (χ1) is 18.7. The van der Waals surface area contributed by atoms with E-state index in [0.29, 0.717) is 0 Å². The molecule has 0 aliphatic carbocycles. The lowest BCUT2D eigenvalue weighted by molar-refractivity contribution is -0.287.